The Hall–Kier alpha value is -1.46. The fourth-order valence-electron chi connectivity index (χ4n) is 2.36. The summed E-state index contributed by atoms with van der Waals surface area (Å²) >= 11 is 0. The third-order valence-electron chi connectivity index (χ3n) is 3.58. The molecule has 6 heteroatoms. The van der Waals surface area contributed by atoms with E-state index >= 15 is 0 Å². The van der Waals surface area contributed by atoms with Crippen LogP contribution in [0.2, 0.25) is 0 Å². The number of ketones is 1. The number of alkyl halides is 5. The molecule has 1 aliphatic rings. The first-order chi connectivity index (χ1) is 9.19. The standard InChI is InChI=1S/C14H13F5O/c15-13(16)7-5-10(6-8-13)12(20)9-1-3-11(4-2-9)14(17,18)19/h1-4,10H,5-8H2. The molecule has 0 heterocycles. The van der Waals surface area contributed by atoms with Gasteiger partial charge in [-0.05, 0) is 25.0 Å². The van der Waals surface area contributed by atoms with Gasteiger partial charge in [-0.25, -0.2) is 8.78 Å². The van der Waals surface area contributed by atoms with Gasteiger partial charge in [0.2, 0.25) is 5.92 Å². The molecule has 0 radical (unpaired) electrons. The Kier molecular flexibility index (Phi) is 3.84. The van der Waals surface area contributed by atoms with E-state index in [2.05, 4.69) is 0 Å². The van der Waals surface area contributed by atoms with E-state index in [-0.39, 0.29) is 37.0 Å². The van der Waals surface area contributed by atoms with Gasteiger partial charge < -0.3 is 0 Å². The lowest BCUT2D eigenvalue weighted by Gasteiger charge is -2.27. The van der Waals surface area contributed by atoms with E-state index in [1.807, 2.05) is 0 Å². The van der Waals surface area contributed by atoms with Gasteiger partial charge in [0, 0.05) is 24.3 Å². The molecule has 1 saturated carbocycles. The van der Waals surface area contributed by atoms with Crippen LogP contribution < -0.4 is 0 Å². The Bertz CT molecular complexity index is 479. The van der Waals surface area contributed by atoms with Crippen molar-refractivity contribution < 1.29 is 26.7 Å². The van der Waals surface area contributed by atoms with Gasteiger partial charge in [-0.1, -0.05) is 12.1 Å². The first-order valence-corrected chi connectivity index (χ1v) is 6.28. The number of carbonyl (C=O) groups is 1. The highest BCUT2D eigenvalue weighted by atomic mass is 19.4. The van der Waals surface area contributed by atoms with Gasteiger partial charge in [0.25, 0.3) is 0 Å². The normalized spacial score (nSPS) is 19.9. The predicted molar refractivity (Wildman–Crippen MR) is 62.7 cm³/mol. The van der Waals surface area contributed by atoms with Gasteiger partial charge >= 0.3 is 6.18 Å². The highest BCUT2D eigenvalue weighted by molar-refractivity contribution is 5.97. The third-order valence-corrected chi connectivity index (χ3v) is 3.58. The van der Waals surface area contributed by atoms with Crippen molar-refractivity contribution in [2.24, 2.45) is 5.92 Å². The fraction of sp³-hybridized carbons (Fsp3) is 0.500. The van der Waals surface area contributed by atoms with Crippen molar-refractivity contribution in [2.75, 3.05) is 0 Å². The van der Waals surface area contributed by atoms with Crippen LogP contribution in [0.5, 0.6) is 0 Å². The molecule has 0 bridgehead atoms. The molecule has 1 aliphatic carbocycles. The quantitative estimate of drug-likeness (QED) is 0.569. The molecule has 1 aromatic rings. The van der Waals surface area contributed by atoms with Gasteiger partial charge in [-0.2, -0.15) is 13.2 Å². The van der Waals surface area contributed by atoms with Crippen LogP contribution in [0.4, 0.5) is 22.0 Å². The topological polar surface area (TPSA) is 17.1 Å². The van der Waals surface area contributed by atoms with Crippen LogP contribution in [-0.4, -0.2) is 11.7 Å². The van der Waals surface area contributed by atoms with Crippen LogP contribution in [0.3, 0.4) is 0 Å². The van der Waals surface area contributed by atoms with Crippen molar-refractivity contribution >= 4 is 5.78 Å². The molecule has 1 nitrogen and oxygen atoms in total. The second-order valence-corrected chi connectivity index (χ2v) is 5.07. The molecule has 0 aromatic heterocycles. The smallest absolute Gasteiger partial charge is 0.294 e. The molecule has 0 spiro atoms. The van der Waals surface area contributed by atoms with E-state index in [1.165, 1.54) is 0 Å². The SMILES string of the molecule is O=C(c1ccc(C(F)(F)F)cc1)C1CCC(F)(F)CC1. The average Bonchev–Trinajstić information content (AvgIpc) is 2.37. The van der Waals surface area contributed by atoms with Crippen LogP contribution in [-0.2, 0) is 6.18 Å². The number of halogens is 5. The van der Waals surface area contributed by atoms with Crippen molar-refractivity contribution in [1.29, 1.82) is 0 Å². The average molecular weight is 292 g/mol. The summed E-state index contributed by atoms with van der Waals surface area (Å²) in [6.45, 7) is 0. The maximum atomic E-state index is 13.0. The number of benzene rings is 1. The summed E-state index contributed by atoms with van der Waals surface area (Å²) in [4.78, 5) is 12.0. The molecule has 110 valence electrons. The molecule has 0 saturated heterocycles. The van der Waals surface area contributed by atoms with E-state index in [0.717, 1.165) is 24.3 Å². The zero-order chi connectivity index (χ0) is 15.0. The number of hydrogen-bond donors (Lipinski definition) is 0. The van der Waals surface area contributed by atoms with Crippen molar-refractivity contribution in [3.8, 4) is 0 Å². The van der Waals surface area contributed by atoms with Crippen LogP contribution >= 0.6 is 0 Å². The van der Waals surface area contributed by atoms with E-state index in [9.17, 15) is 26.7 Å². The van der Waals surface area contributed by atoms with Crippen LogP contribution in [0.25, 0.3) is 0 Å². The maximum Gasteiger partial charge on any atom is 0.416 e. The molecule has 0 amide bonds. The second kappa shape index (κ2) is 5.14. The Labute approximate surface area is 112 Å². The lowest BCUT2D eigenvalue weighted by molar-refractivity contribution is -0.137. The van der Waals surface area contributed by atoms with E-state index < -0.39 is 23.6 Å². The number of rotatable bonds is 2. The lowest BCUT2D eigenvalue weighted by Crippen LogP contribution is -2.28. The van der Waals surface area contributed by atoms with Crippen molar-refractivity contribution in [2.45, 2.75) is 37.8 Å². The van der Waals surface area contributed by atoms with Crippen LogP contribution in [0.1, 0.15) is 41.6 Å². The Morgan fingerprint density at radius 2 is 1.55 bits per heavy atom. The first kappa shape index (κ1) is 14.9. The Morgan fingerprint density at radius 1 is 1.05 bits per heavy atom. The maximum absolute atomic E-state index is 13.0. The van der Waals surface area contributed by atoms with E-state index in [4.69, 9.17) is 0 Å². The highest BCUT2D eigenvalue weighted by Gasteiger charge is 2.37. The second-order valence-electron chi connectivity index (χ2n) is 5.07. The largest absolute Gasteiger partial charge is 0.416 e. The van der Waals surface area contributed by atoms with Crippen molar-refractivity contribution in [3.05, 3.63) is 35.4 Å². The van der Waals surface area contributed by atoms with Crippen molar-refractivity contribution in [3.63, 3.8) is 0 Å². The first-order valence-electron chi connectivity index (χ1n) is 6.28. The van der Waals surface area contributed by atoms with Crippen LogP contribution in [0.15, 0.2) is 24.3 Å². The summed E-state index contributed by atoms with van der Waals surface area (Å²) in [6.07, 6.45) is -4.98. The molecule has 2 rings (SSSR count). The van der Waals surface area contributed by atoms with E-state index in [0.29, 0.717) is 0 Å². The van der Waals surface area contributed by atoms with Gasteiger partial charge in [-0.15, -0.1) is 0 Å². The molecule has 0 atom stereocenters. The molecule has 0 aliphatic heterocycles. The highest BCUT2D eigenvalue weighted by Crippen LogP contribution is 2.37. The molecule has 1 fully saturated rings. The summed E-state index contributed by atoms with van der Waals surface area (Å²) < 4.78 is 63.2. The molecule has 20 heavy (non-hydrogen) atoms. The Morgan fingerprint density at radius 3 is 2.00 bits per heavy atom. The van der Waals surface area contributed by atoms with Gasteiger partial charge in [0.15, 0.2) is 5.78 Å². The summed E-state index contributed by atoms with van der Waals surface area (Å²) in [6, 6.07) is 3.89. The summed E-state index contributed by atoms with van der Waals surface area (Å²) in [5.41, 5.74) is -0.683. The summed E-state index contributed by atoms with van der Waals surface area (Å²) in [7, 11) is 0. The number of hydrogen-bond acceptors (Lipinski definition) is 1. The monoisotopic (exact) mass is 292 g/mol. The van der Waals surface area contributed by atoms with Gasteiger partial charge in [0.1, 0.15) is 0 Å². The number of Topliss-reactive ketones (excluding diaryl/α,β-unsaturated/α-hetero) is 1. The zero-order valence-electron chi connectivity index (χ0n) is 10.5. The van der Waals surface area contributed by atoms with Gasteiger partial charge in [-0.3, -0.25) is 4.79 Å². The molecule has 0 N–H and O–H groups in total. The summed E-state index contributed by atoms with van der Waals surface area (Å²) in [5.74, 6) is -3.60. The van der Waals surface area contributed by atoms with Gasteiger partial charge in [0.05, 0.1) is 5.56 Å². The minimum absolute atomic E-state index is 0.0762. The number of carbonyl (C=O) groups excluding carboxylic acids is 1. The molecule has 1 aromatic carbocycles. The van der Waals surface area contributed by atoms with Crippen molar-refractivity contribution in [1.82, 2.24) is 0 Å². The van der Waals surface area contributed by atoms with Crippen LogP contribution in [0, 0.1) is 5.92 Å². The third kappa shape index (κ3) is 3.35. The minimum Gasteiger partial charge on any atom is -0.294 e. The fourth-order valence-corrected chi connectivity index (χ4v) is 2.36. The molecular formula is C14H13F5O. The zero-order valence-corrected chi connectivity index (χ0v) is 10.5. The minimum atomic E-state index is -4.45. The van der Waals surface area contributed by atoms with E-state index in [1.54, 1.807) is 0 Å². The molecular weight excluding hydrogens is 279 g/mol. The predicted octanol–water partition coefficient (Wildman–Crippen LogP) is 4.71. The summed E-state index contributed by atoms with van der Waals surface area (Å²) in [5, 5.41) is 0. The lowest BCUT2D eigenvalue weighted by atomic mass is 9.82. The molecule has 0 unspecified atom stereocenters. The Balaban J connectivity index is 2.07.